The zero-order chi connectivity index (χ0) is 24.0. The molecule has 1 aromatic heterocycles. The zero-order valence-corrected chi connectivity index (χ0v) is 19.7. The SMILES string of the molecule is O=C(Nc1ccccc1)N1CCCCN2[C@H](CO)[C@@H](c3ccc(C#Cc4cccnc4)cc3)[C@H]2C1. The summed E-state index contributed by atoms with van der Waals surface area (Å²) in [6.45, 7) is 2.44. The molecule has 2 saturated heterocycles. The van der Waals surface area contributed by atoms with Crippen molar-refractivity contribution >= 4 is 11.7 Å². The van der Waals surface area contributed by atoms with Gasteiger partial charge >= 0.3 is 6.03 Å². The van der Waals surface area contributed by atoms with Gasteiger partial charge in [0.25, 0.3) is 0 Å². The van der Waals surface area contributed by atoms with E-state index >= 15 is 0 Å². The lowest BCUT2D eigenvalue weighted by Gasteiger charge is -2.57. The monoisotopic (exact) mass is 466 g/mol. The number of anilines is 1. The Morgan fingerprint density at radius 3 is 2.49 bits per heavy atom. The fourth-order valence-corrected chi connectivity index (χ4v) is 5.22. The van der Waals surface area contributed by atoms with Crippen LogP contribution in [0.15, 0.2) is 79.1 Å². The molecular weight excluding hydrogens is 436 g/mol. The number of carbonyl (C=O) groups is 1. The van der Waals surface area contributed by atoms with Gasteiger partial charge in [0.15, 0.2) is 0 Å². The summed E-state index contributed by atoms with van der Waals surface area (Å²) in [5.74, 6) is 6.51. The maximum atomic E-state index is 13.1. The lowest BCUT2D eigenvalue weighted by Crippen LogP contribution is -2.68. The third kappa shape index (κ3) is 5.22. The van der Waals surface area contributed by atoms with Crippen molar-refractivity contribution in [2.45, 2.75) is 30.8 Å². The van der Waals surface area contributed by atoms with Gasteiger partial charge in [0.05, 0.1) is 6.61 Å². The molecule has 0 radical (unpaired) electrons. The van der Waals surface area contributed by atoms with Crippen molar-refractivity contribution in [1.29, 1.82) is 0 Å². The molecule has 2 aliphatic rings. The van der Waals surface area contributed by atoms with Crippen molar-refractivity contribution in [3.63, 3.8) is 0 Å². The van der Waals surface area contributed by atoms with Crippen LogP contribution in [0, 0.1) is 11.8 Å². The summed E-state index contributed by atoms with van der Waals surface area (Å²) in [6, 6.07) is 21.9. The molecule has 6 nitrogen and oxygen atoms in total. The van der Waals surface area contributed by atoms with Gasteiger partial charge in [-0.15, -0.1) is 0 Å². The number of nitrogens with zero attached hydrogens (tertiary/aromatic N) is 3. The first-order chi connectivity index (χ1) is 17.2. The minimum absolute atomic E-state index is 0.0646. The Bertz CT molecular complexity index is 1190. The lowest BCUT2D eigenvalue weighted by atomic mass is 9.74. The largest absolute Gasteiger partial charge is 0.395 e. The van der Waals surface area contributed by atoms with Crippen LogP contribution in [0.4, 0.5) is 10.5 Å². The minimum atomic E-state index is -0.0646. The van der Waals surface area contributed by atoms with Crippen molar-refractivity contribution in [3.05, 3.63) is 95.8 Å². The highest BCUT2D eigenvalue weighted by Crippen LogP contribution is 2.42. The van der Waals surface area contributed by atoms with Crippen LogP contribution in [-0.2, 0) is 0 Å². The van der Waals surface area contributed by atoms with Crippen LogP contribution in [0.1, 0.15) is 35.4 Å². The molecule has 3 atom stereocenters. The minimum Gasteiger partial charge on any atom is -0.395 e. The Labute approximate surface area is 206 Å². The highest BCUT2D eigenvalue weighted by atomic mass is 16.3. The van der Waals surface area contributed by atoms with Crippen molar-refractivity contribution in [3.8, 4) is 11.8 Å². The summed E-state index contributed by atoms with van der Waals surface area (Å²) in [6.07, 6.45) is 5.46. The van der Waals surface area contributed by atoms with Crippen LogP contribution in [0.5, 0.6) is 0 Å². The maximum absolute atomic E-state index is 13.1. The maximum Gasteiger partial charge on any atom is 0.321 e. The molecule has 0 unspecified atom stereocenters. The summed E-state index contributed by atoms with van der Waals surface area (Å²) in [7, 11) is 0. The number of pyridine rings is 1. The van der Waals surface area contributed by atoms with Gasteiger partial charge in [-0.1, -0.05) is 42.2 Å². The average molecular weight is 467 g/mol. The number of amides is 2. The first-order valence-corrected chi connectivity index (χ1v) is 12.2. The molecule has 35 heavy (non-hydrogen) atoms. The normalized spacial score (nSPS) is 22.0. The Balaban J connectivity index is 1.32. The third-order valence-corrected chi connectivity index (χ3v) is 6.99. The van der Waals surface area contributed by atoms with E-state index in [4.69, 9.17) is 0 Å². The van der Waals surface area contributed by atoms with Gasteiger partial charge in [0, 0.05) is 60.3 Å². The third-order valence-electron chi connectivity index (χ3n) is 6.99. The van der Waals surface area contributed by atoms with E-state index in [1.807, 2.05) is 59.5 Å². The molecule has 2 fully saturated rings. The molecule has 0 spiro atoms. The number of benzene rings is 2. The number of rotatable bonds is 3. The van der Waals surface area contributed by atoms with Gasteiger partial charge < -0.3 is 15.3 Å². The van der Waals surface area contributed by atoms with Crippen LogP contribution < -0.4 is 5.32 Å². The summed E-state index contributed by atoms with van der Waals surface area (Å²) in [5, 5.41) is 13.2. The van der Waals surface area contributed by atoms with E-state index in [1.165, 1.54) is 5.56 Å². The number of para-hydroxylation sites is 1. The molecule has 2 aliphatic heterocycles. The van der Waals surface area contributed by atoms with Gasteiger partial charge in [-0.05, 0) is 61.3 Å². The number of nitrogens with one attached hydrogen (secondary N) is 1. The summed E-state index contributed by atoms with van der Waals surface area (Å²) in [5.41, 5.74) is 3.81. The molecular formula is C29H30N4O2. The van der Waals surface area contributed by atoms with Crippen molar-refractivity contribution in [2.24, 2.45) is 0 Å². The summed E-state index contributed by atoms with van der Waals surface area (Å²) >= 11 is 0. The van der Waals surface area contributed by atoms with Crippen molar-refractivity contribution in [1.82, 2.24) is 14.8 Å². The smallest absolute Gasteiger partial charge is 0.321 e. The Morgan fingerprint density at radius 2 is 1.74 bits per heavy atom. The second kappa shape index (κ2) is 10.7. The molecule has 178 valence electrons. The number of hydrogen-bond acceptors (Lipinski definition) is 4. The molecule has 0 aliphatic carbocycles. The van der Waals surface area contributed by atoms with E-state index < -0.39 is 0 Å². The van der Waals surface area contributed by atoms with Crippen LogP contribution in [0.2, 0.25) is 0 Å². The van der Waals surface area contributed by atoms with Crippen LogP contribution >= 0.6 is 0 Å². The second-order valence-electron chi connectivity index (χ2n) is 9.14. The number of carbonyl (C=O) groups excluding carboxylic acids is 1. The van der Waals surface area contributed by atoms with Crippen LogP contribution in [0.25, 0.3) is 0 Å². The topological polar surface area (TPSA) is 68.7 Å². The van der Waals surface area contributed by atoms with Gasteiger partial charge in [0.2, 0.25) is 0 Å². The Morgan fingerprint density at radius 1 is 0.971 bits per heavy atom. The first-order valence-electron chi connectivity index (χ1n) is 12.2. The molecule has 6 heteroatoms. The first kappa shape index (κ1) is 23.1. The zero-order valence-electron chi connectivity index (χ0n) is 19.7. The Hall–Kier alpha value is -3.66. The van der Waals surface area contributed by atoms with Crippen LogP contribution in [0.3, 0.4) is 0 Å². The molecule has 2 amide bonds. The highest BCUT2D eigenvalue weighted by Gasteiger charge is 2.49. The lowest BCUT2D eigenvalue weighted by molar-refractivity contribution is -0.0585. The molecule has 0 bridgehead atoms. The standard InChI is InChI=1S/C29H30N4O2/c34-21-27-28(24-14-12-22(13-15-24)10-11-23-7-6-16-30-19-23)26-20-32(17-4-5-18-33(26)27)29(35)31-25-8-2-1-3-9-25/h1-3,6-9,12-16,19,26-28,34H,4-5,17-18,20-21H2,(H,31,35)/t26-,27-,28+/m1/s1. The molecule has 3 heterocycles. The molecule has 3 aromatic rings. The van der Waals surface area contributed by atoms with Gasteiger partial charge in [-0.3, -0.25) is 9.88 Å². The predicted octanol–water partition coefficient (Wildman–Crippen LogP) is 3.94. The fourth-order valence-electron chi connectivity index (χ4n) is 5.22. The van der Waals surface area contributed by atoms with Gasteiger partial charge in [-0.2, -0.15) is 0 Å². The quantitative estimate of drug-likeness (QED) is 0.574. The number of urea groups is 1. The number of hydrogen-bond donors (Lipinski definition) is 2. The van der Waals surface area contributed by atoms with E-state index in [-0.39, 0.29) is 30.6 Å². The molecule has 2 aromatic carbocycles. The molecule has 2 N–H and O–H groups in total. The number of aliphatic hydroxyl groups is 1. The average Bonchev–Trinajstić information content (AvgIpc) is 2.88. The molecule has 5 rings (SSSR count). The number of fused-ring (bicyclic) bond motifs is 1. The second-order valence-corrected chi connectivity index (χ2v) is 9.14. The van der Waals surface area contributed by atoms with E-state index in [9.17, 15) is 9.90 Å². The number of aromatic nitrogens is 1. The number of aliphatic hydroxyl groups excluding tert-OH is 1. The van der Waals surface area contributed by atoms with E-state index in [2.05, 4.69) is 39.2 Å². The highest BCUT2D eigenvalue weighted by molar-refractivity contribution is 5.89. The van der Waals surface area contributed by atoms with Crippen LogP contribution in [-0.4, -0.2) is 64.2 Å². The van der Waals surface area contributed by atoms with Crippen molar-refractivity contribution in [2.75, 3.05) is 31.6 Å². The van der Waals surface area contributed by atoms with E-state index in [0.29, 0.717) is 6.54 Å². The summed E-state index contributed by atoms with van der Waals surface area (Å²) in [4.78, 5) is 21.5. The fraction of sp³-hybridized carbons (Fsp3) is 0.310. The van der Waals surface area contributed by atoms with E-state index in [1.54, 1.807) is 12.4 Å². The molecule has 0 saturated carbocycles. The summed E-state index contributed by atoms with van der Waals surface area (Å²) < 4.78 is 0. The van der Waals surface area contributed by atoms with Gasteiger partial charge in [-0.25, -0.2) is 4.79 Å². The predicted molar refractivity (Wildman–Crippen MR) is 137 cm³/mol. The van der Waals surface area contributed by atoms with Gasteiger partial charge in [0.1, 0.15) is 0 Å². The van der Waals surface area contributed by atoms with Crippen molar-refractivity contribution < 1.29 is 9.90 Å². The Kier molecular flexibility index (Phi) is 7.08. The van der Waals surface area contributed by atoms with E-state index in [0.717, 1.165) is 42.7 Å².